The van der Waals surface area contributed by atoms with Gasteiger partial charge in [0.05, 0.1) is 0 Å². The van der Waals surface area contributed by atoms with E-state index in [4.69, 9.17) is 17.3 Å². The molecule has 0 spiro atoms. The minimum absolute atomic E-state index is 0.827. The smallest absolute Gasteiger partial charge is 0.0393 e. The second kappa shape index (κ2) is 7.97. The molecule has 0 unspecified atom stereocenters. The number of alkyl halides is 1. The zero-order valence-corrected chi connectivity index (χ0v) is 11.1. The van der Waals surface area contributed by atoms with Crippen molar-refractivity contribution in [1.82, 2.24) is 0 Å². The minimum atomic E-state index is 0.827. The fourth-order valence-electron chi connectivity index (χ4n) is 1.59. The summed E-state index contributed by atoms with van der Waals surface area (Å²) in [5.74, 6) is 0.827. The summed E-state index contributed by atoms with van der Waals surface area (Å²) in [5.41, 5.74) is 6.61. The monoisotopic (exact) mass is 249 g/mol. The van der Waals surface area contributed by atoms with Crippen LogP contribution in [0.2, 0.25) is 0 Å². The summed E-state index contributed by atoms with van der Waals surface area (Å²) < 4.78 is 0. The van der Waals surface area contributed by atoms with Crippen molar-refractivity contribution in [3.63, 3.8) is 0 Å². The first kappa shape index (κ1) is 13.9. The van der Waals surface area contributed by atoms with Gasteiger partial charge in [0.1, 0.15) is 0 Å². The molecule has 92 valence electrons. The van der Waals surface area contributed by atoms with Crippen LogP contribution in [0.1, 0.15) is 26.2 Å². The number of hydrogen-bond donors (Lipinski definition) is 1. The van der Waals surface area contributed by atoms with Crippen molar-refractivity contribution < 1.29 is 0 Å². The predicted molar refractivity (Wildman–Crippen MR) is 78.6 cm³/mol. The number of anilines is 1. The molecule has 0 aliphatic heterocycles. The van der Waals surface area contributed by atoms with Crippen LogP contribution in [-0.4, -0.2) is 5.88 Å². The van der Waals surface area contributed by atoms with E-state index >= 15 is 0 Å². The third-order valence-electron chi connectivity index (χ3n) is 2.56. The van der Waals surface area contributed by atoms with Gasteiger partial charge in [-0.05, 0) is 17.9 Å². The molecule has 2 aromatic carbocycles. The molecule has 0 heterocycles. The van der Waals surface area contributed by atoms with Crippen molar-refractivity contribution in [2.75, 3.05) is 11.6 Å². The lowest BCUT2D eigenvalue weighted by molar-refractivity contribution is 0.776. The van der Waals surface area contributed by atoms with E-state index < -0.39 is 0 Å². The van der Waals surface area contributed by atoms with Crippen LogP contribution in [0.3, 0.4) is 0 Å². The molecule has 0 aliphatic rings. The zero-order chi connectivity index (χ0) is 12.5. The number of rotatable bonds is 3. The Morgan fingerprint density at radius 1 is 1.00 bits per heavy atom. The van der Waals surface area contributed by atoms with Gasteiger partial charge in [-0.1, -0.05) is 56.2 Å². The maximum absolute atomic E-state index is 5.76. The van der Waals surface area contributed by atoms with Crippen molar-refractivity contribution in [1.29, 1.82) is 0 Å². The van der Waals surface area contributed by atoms with E-state index in [0.717, 1.165) is 17.0 Å². The average molecular weight is 250 g/mol. The highest BCUT2D eigenvalue weighted by Gasteiger charge is 1.92. The summed E-state index contributed by atoms with van der Waals surface area (Å²) >= 11 is 5.38. The summed E-state index contributed by atoms with van der Waals surface area (Å²) in [6.45, 7) is 2.17. The highest BCUT2D eigenvalue weighted by Crippen LogP contribution is 2.19. The number of fused-ring (bicyclic) bond motifs is 1. The Morgan fingerprint density at radius 2 is 1.71 bits per heavy atom. The van der Waals surface area contributed by atoms with Crippen molar-refractivity contribution in [3.8, 4) is 0 Å². The summed E-state index contributed by atoms with van der Waals surface area (Å²) in [6.07, 6.45) is 3.73. The molecule has 2 rings (SSSR count). The molecule has 0 aliphatic carbocycles. The topological polar surface area (TPSA) is 26.0 Å². The molecule has 0 fully saturated rings. The Morgan fingerprint density at radius 3 is 2.29 bits per heavy atom. The standard InChI is InChI=1S/C10H9N.C5H11Cl/c11-10-7-3-5-8-4-1-2-6-9(8)10;1-2-3-4-5-6/h1-7H,11H2;2-5H2,1H3. The highest BCUT2D eigenvalue weighted by atomic mass is 35.5. The molecule has 0 radical (unpaired) electrons. The summed E-state index contributed by atoms with van der Waals surface area (Å²) in [4.78, 5) is 0. The predicted octanol–water partition coefficient (Wildman–Crippen LogP) is 4.84. The van der Waals surface area contributed by atoms with Gasteiger partial charge in [0.2, 0.25) is 0 Å². The number of hydrogen-bond acceptors (Lipinski definition) is 1. The van der Waals surface area contributed by atoms with Crippen LogP contribution < -0.4 is 5.73 Å². The van der Waals surface area contributed by atoms with E-state index in [-0.39, 0.29) is 0 Å². The van der Waals surface area contributed by atoms with E-state index in [9.17, 15) is 0 Å². The van der Waals surface area contributed by atoms with Gasteiger partial charge in [0, 0.05) is 17.0 Å². The molecular weight excluding hydrogens is 230 g/mol. The molecule has 1 nitrogen and oxygen atoms in total. The van der Waals surface area contributed by atoms with Crippen LogP contribution in [0.25, 0.3) is 10.8 Å². The van der Waals surface area contributed by atoms with Crippen LogP contribution in [0, 0.1) is 0 Å². The minimum Gasteiger partial charge on any atom is -0.398 e. The molecule has 2 heteroatoms. The van der Waals surface area contributed by atoms with Crippen LogP contribution in [0.4, 0.5) is 5.69 Å². The fourth-order valence-corrected chi connectivity index (χ4v) is 1.78. The zero-order valence-electron chi connectivity index (χ0n) is 10.3. The molecule has 0 saturated heterocycles. The first-order chi connectivity index (χ1) is 8.29. The Kier molecular flexibility index (Phi) is 6.49. The Balaban J connectivity index is 0.000000209. The third-order valence-corrected chi connectivity index (χ3v) is 2.83. The van der Waals surface area contributed by atoms with Crippen LogP contribution in [0.15, 0.2) is 42.5 Å². The quantitative estimate of drug-likeness (QED) is 0.470. The molecule has 0 amide bonds. The van der Waals surface area contributed by atoms with Gasteiger partial charge in [-0.3, -0.25) is 0 Å². The van der Waals surface area contributed by atoms with Gasteiger partial charge in [-0.15, -0.1) is 11.6 Å². The van der Waals surface area contributed by atoms with Crippen LogP contribution in [-0.2, 0) is 0 Å². The van der Waals surface area contributed by atoms with Gasteiger partial charge < -0.3 is 5.73 Å². The molecular formula is C15H20ClN. The largest absolute Gasteiger partial charge is 0.398 e. The first-order valence-electron chi connectivity index (χ1n) is 6.08. The van der Waals surface area contributed by atoms with Gasteiger partial charge in [0.15, 0.2) is 0 Å². The van der Waals surface area contributed by atoms with Crippen molar-refractivity contribution >= 4 is 28.1 Å². The lowest BCUT2D eigenvalue weighted by Crippen LogP contribution is -1.84. The van der Waals surface area contributed by atoms with E-state index in [1.54, 1.807) is 0 Å². The molecule has 17 heavy (non-hydrogen) atoms. The molecule has 2 N–H and O–H groups in total. The van der Waals surface area contributed by atoms with Gasteiger partial charge in [0.25, 0.3) is 0 Å². The SMILES string of the molecule is CCCCCCl.Nc1cccc2ccccc12. The van der Waals surface area contributed by atoms with E-state index in [2.05, 4.69) is 19.1 Å². The maximum Gasteiger partial charge on any atom is 0.0393 e. The van der Waals surface area contributed by atoms with E-state index in [1.807, 2.05) is 30.3 Å². The maximum atomic E-state index is 5.76. The van der Waals surface area contributed by atoms with Crippen LogP contribution in [0.5, 0.6) is 0 Å². The first-order valence-corrected chi connectivity index (χ1v) is 6.62. The Hall–Kier alpha value is -1.21. The van der Waals surface area contributed by atoms with Gasteiger partial charge >= 0.3 is 0 Å². The summed E-state index contributed by atoms with van der Waals surface area (Å²) in [6, 6.07) is 14.1. The summed E-state index contributed by atoms with van der Waals surface area (Å²) in [5, 5.41) is 2.34. The van der Waals surface area contributed by atoms with E-state index in [1.165, 1.54) is 24.6 Å². The molecule has 2 aromatic rings. The second-order valence-corrected chi connectivity index (χ2v) is 4.34. The van der Waals surface area contributed by atoms with Crippen molar-refractivity contribution in [3.05, 3.63) is 42.5 Å². The lowest BCUT2D eigenvalue weighted by atomic mass is 10.1. The molecule has 0 aromatic heterocycles. The Bertz CT molecular complexity index is 430. The number of benzene rings is 2. The Labute approximate surface area is 109 Å². The number of unbranched alkanes of at least 4 members (excludes halogenated alkanes) is 2. The highest BCUT2D eigenvalue weighted by molar-refractivity contribution is 6.17. The van der Waals surface area contributed by atoms with E-state index in [0.29, 0.717) is 0 Å². The second-order valence-electron chi connectivity index (χ2n) is 3.96. The van der Waals surface area contributed by atoms with Gasteiger partial charge in [-0.2, -0.15) is 0 Å². The molecule has 0 atom stereocenters. The number of nitrogen functional groups attached to an aromatic ring is 1. The van der Waals surface area contributed by atoms with Crippen LogP contribution >= 0.6 is 11.6 Å². The average Bonchev–Trinajstić information content (AvgIpc) is 2.38. The number of halogens is 1. The molecule has 0 bridgehead atoms. The number of nitrogens with two attached hydrogens (primary N) is 1. The van der Waals surface area contributed by atoms with Gasteiger partial charge in [-0.25, -0.2) is 0 Å². The lowest BCUT2D eigenvalue weighted by Gasteiger charge is -1.98. The van der Waals surface area contributed by atoms with Crippen molar-refractivity contribution in [2.45, 2.75) is 26.2 Å². The third kappa shape index (κ3) is 4.66. The summed E-state index contributed by atoms with van der Waals surface area (Å²) in [7, 11) is 0. The molecule has 0 saturated carbocycles. The van der Waals surface area contributed by atoms with Crippen molar-refractivity contribution in [2.24, 2.45) is 0 Å². The fraction of sp³-hybridized carbons (Fsp3) is 0.333. The normalized spacial score (nSPS) is 9.76.